The first-order valence-corrected chi connectivity index (χ1v) is 6.29. The molecule has 0 radical (unpaired) electrons. The number of nitrogen functional groups attached to an aromatic ring is 1. The van der Waals surface area contributed by atoms with E-state index in [-0.39, 0.29) is 0 Å². The van der Waals surface area contributed by atoms with Gasteiger partial charge >= 0.3 is 0 Å². The highest BCUT2D eigenvalue weighted by Crippen LogP contribution is 2.29. The van der Waals surface area contributed by atoms with Gasteiger partial charge in [-0.15, -0.1) is 0 Å². The molecule has 0 amide bonds. The smallest absolute Gasteiger partial charge is 0.263 e. The lowest BCUT2D eigenvalue weighted by Crippen LogP contribution is -1.81. The third-order valence-electron chi connectivity index (χ3n) is 2.47. The maximum absolute atomic E-state index is 5.70. The molecule has 0 spiro atoms. The molecule has 4 nitrogen and oxygen atoms in total. The Morgan fingerprint density at radius 3 is 2.89 bits per heavy atom. The second-order valence-electron chi connectivity index (χ2n) is 3.98. The van der Waals surface area contributed by atoms with E-state index in [4.69, 9.17) is 10.2 Å². The zero-order valence-electron chi connectivity index (χ0n) is 9.75. The number of hydrogen-bond donors (Lipinski definition) is 1. The van der Waals surface area contributed by atoms with Crippen molar-refractivity contribution in [1.82, 2.24) is 9.97 Å². The van der Waals surface area contributed by atoms with Crippen LogP contribution in [0, 0.1) is 6.92 Å². The van der Waals surface area contributed by atoms with Crippen LogP contribution in [0.15, 0.2) is 51.2 Å². The molecule has 3 aromatic rings. The van der Waals surface area contributed by atoms with Crippen LogP contribution in [-0.2, 0) is 0 Å². The number of nitrogens with zero attached hydrogens (tertiary/aromatic N) is 2. The highest BCUT2D eigenvalue weighted by Gasteiger charge is 2.08. The fourth-order valence-corrected chi connectivity index (χ4v) is 2.26. The molecule has 0 saturated carbocycles. The lowest BCUT2D eigenvalue weighted by atomic mass is 10.3. The van der Waals surface area contributed by atoms with Crippen molar-refractivity contribution in [3.05, 3.63) is 42.1 Å². The maximum Gasteiger partial charge on any atom is 0.263 e. The van der Waals surface area contributed by atoms with E-state index in [9.17, 15) is 0 Å². The molecule has 0 bridgehead atoms. The third kappa shape index (κ3) is 2.17. The van der Waals surface area contributed by atoms with Crippen LogP contribution in [0.25, 0.3) is 11.1 Å². The topological polar surface area (TPSA) is 64.9 Å². The van der Waals surface area contributed by atoms with Crippen molar-refractivity contribution in [2.24, 2.45) is 0 Å². The van der Waals surface area contributed by atoms with Gasteiger partial charge in [-0.1, -0.05) is 6.07 Å². The maximum atomic E-state index is 5.70. The molecule has 2 heterocycles. The number of oxazole rings is 1. The quantitative estimate of drug-likeness (QED) is 0.714. The van der Waals surface area contributed by atoms with Crippen molar-refractivity contribution in [3.63, 3.8) is 0 Å². The van der Waals surface area contributed by atoms with Crippen LogP contribution >= 0.6 is 11.8 Å². The summed E-state index contributed by atoms with van der Waals surface area (Å²) in [6, 6.07) is 9.39. The summed E-state index contributed by atoms with van der Waals surface area (Å²) in [5.74, 6) is 0. The van der Waals surface area contributed by atoms with E-state index in [1.165, 1.54) is 11.8 Å². The number of pyridine rings is 1. The van der Waals surface area contributed by atoms with E-state index >= 15 is 0 Å². The predicted molar refractivity (Wildman–Crippen MR) is 71.5 cm³/mol. The Morgan fingerprint density at radius 2 is 2.11 bits per heavy atom. The molecule has 0 unspecified atom stereocenters. The minimum atomic E-state index is 0.576. The number of benzene rings is 1. The van der Waals surface area contributed by atoms with E-state index in [0.717, 1.165) is 16.1 Å². The minimum absolute atomic E-state index is 0.576. The fourth-order valence-electron chi connectivity index (χ4n) is 1.57. The number of rotatable bonds is 2. The molecule has 5 heteroatoms. The summed E-state index contributed by atoms with van der Waals surface area (Å²) in [7, 11) is 0. The van der Waals surface area contributed by atoms with Crippen LogP contribution in [0.1, 0.15) is 5.56 Å². The van der Waals surface area contributed by atoms with Gasteiger partial charge in [0.25, 0.3) is 5.22 Å². The molecule has 0 aliphatic heterocycles. The van der Waals surface area contributed by atoms with Crippen LogP contribution in [0.4, 0.5) is 5.69 Å². The molecule has 0 atom stereocenters. The molecular weight excluding hydrogens is 246 g/mol. The van der Waals surface area contributed by atoms with Gasteiger partial charge < -0.3 is 10.2 Å². The third-order valence-corrected chi connectivity index (χ3v) is 3.27. The second-order valence-corrected chi connectivity index (χ2v) is 4.95. The average Bonchev–Trinajstić information content (AvgIpc) is 2.73. The summed E-state index contributed by atoms with van der Waals surface area (Å²) in [5.41, 5.74) is 9.00. The largest absolute Gasteiger partial charge is 0.431 e. The predicted octanol–water partition coefficient (Wildman–Crippen LogP) is 3.26. The molecule has 0 saturated heterocycles. The fraction of sp³-hybridized carbons (Fsp3) is 0.0769. The van der Waals surface area contributed by atoms with Crippen molar-refractivity contribution in [1.29, 1.82) is 0 Å². The Kier molecular flexibility index (Phi) is 2.68. The molecular formula is C13H11N3OS. The van der Waals surface area contributed by atoms with Gasteiger partial charge in [0, 0.05) is 18.0 Å². The van der Waals surface area contributed by atoms with Gasteiger partial charge in [-0.2, -0.15) is 0 Å². The number of aryl methyl sites for hydroxylation is 1. The lowest BCUT2D eigenvalue weighted by Gasteiger charge is -1.95. The Hall–Kier alpha value is -2.01. The molecule has 2 aromatic heterocycles. The summed E-state index contributed by atoms with van der Waals surface area (Å²) in [5, 5.41) is 1.44. The average molecular weight is 257 g/mol. The van der Waals surface area contributed by atoms with Crippen molar-refractivity contribution in [2.75, 3.05) is 5.73 Å². The number of nitrogens with two attached hydrogens (primary N) is 1. The summed E-state index contributed by atoms with van der Waals surface area (Å²) in [6.45, 7) is 2.00. The van der Waals surface area contributed by atoms with Crippen LogP contribution in [0.5, 0.6) is 0 Å². The van der Waals surface area contributed by atoms with E-state index < -0.39 is 0 Å². The van der Waals surface area contributed by atoms with Crippen LogP contribution in [0.3, 0.4) is 0 Å². The van der Waals surface area contributed by atoms with Gasteiger partial charge in [0.05, 0.1) is 0 Å². The first-order chi connectivity index (χ1) is 8.70. The van der Waals surface area contributed by atoms with Gasteiger partial charge in [0.2, 0.25) is 0 Å². The van der Waals surface area contributed by atoms with E-state index in [1.807, 2.05) is 37.4 Å². The second kappa shape index (κ2) is 4.34. The van der Waals surface area contributed by atoms with Crippen LogP contribution < -0.4 is 5.73 Å². The first-order valence-electron chi connectivity index (χ1n) is 5.47. The van der Waals surface area contributed by atoms with E-state index in [0.29, 0.717) is 16.5 Å². The van der Waals surface area contributed by atoms with E-state index in [2.05, 4.69) is 9.97 Å². The highest BCUT2D eigenvalue weighted by atomic mass is 32.2. The Bertz CT molecular complexity index is 691. The van der Waals surface area contributed by atoms with Gasteiger partial charge in [0.15, 0.2) is 5.58 Å². The molecule has 3 rings (SSSR count). The van der Waals surface area contributed by atoms with Gasteiger partial charge in [-0.05, 0) is 42.4 Å². The van der Waals surface area contributed by atoms with Crippen LogP contribution in [-0.4, -0.2) is 9.97 Å². The summed E-state index contributed by atoms with van der Waals surface area (Å²) in [4.78, 5) is 8.67. The minimum Gasteiger partial charge on any atom is -0.431 e. The molecule has 18 heavy (non-hydrogen) atoms. The zero-order chi connectivity index (χ0) is 12.5. The Labute approximate surface area is 108 Å². The van der Waals surface area contributed by atoms with Crippen molar-refractivity contribution < 1.29 is 4.42 Å². The molecule has 0 aliphatic carbocycles. The Balaban J connectivity index is 1.92. The monoisotopic (exact) mass is 257 g/mol. The highest BCUT2D eigenvalue weighted by molar-refractivity contribution is 7.99. The molecule has 2 N–H and O–H groups in total. The summed E-state index contributed by atoms with van der Waals surface area (Å²) in [6.07, 6.45) is 1.82. The Morgan fingerprint density at radius 1 is 1.22 bits per heavy atom. The standard InChI is InChI=1S/C13H11N3OS/c1-8-2-5-12(15-7-8)18-13-16-10-4-3-9(14)6-11(10)17-13/h2-7H,14H2,1H3. The number of hydrogen-bond acceptors (Lipinski definition) is 5. The molecule has 0 aliphatic rings. The number of fused-ring (bicyclic) bond motifs is 1. The molecule has 90 valence electrons. The van der Waals surface area contributed by atoms with Crippen molar-refractivity contribution in [3.8, 4) is 0 Å². The number of anilines is 1. The SMILES string of the molecule is Cc1ccc(Sc2nc3ccc(N)cc3o2)nc1. The van der Waals surface area contributed by atoms with E-state index in [1.54, 1.807) is 6.07 Å². The van der Waals surface area contributed by atoms with Crippen LogP contribution in [0.2, 0.25) is 0 Å². The zero-order valence-corrected chi connectivity index (χ0v) is 10.6. The molecule has 0 fully saturated rings. The van der Waals surface area contributed by atoms with Crippen molar-refractivity contribution in [2.45, 2.75) is 17.2 Å². The van der Waals surface area contributed by atoms with Gasteiger partial charge in [0.1, 0.15) is 10.5 Å². The summed E-state index contributed by atoms with van der Waals surface area (Å²) >= 11 is 1.40. The van der Waals surface area contributed by atoms with Gasteiger partial charge in [-0.3, -0.25) is 0 Å². The summed E-state index contributed by atoms with van der Waals surface area (Å²) < 4.78 is 5.61. The lowest BCUT2D eigenvalue weighted by molar-refractivity contribution is 0.489. The number of aromatic nitrogens is 2. The molecule has 1 aromatic carbocycles. The van der Waals surface area contributed by atoms with Gasteiger partial charge in [-0.25, -0.2) is 9.97 Å². The first kappa shape index (κ1) is 11.1. The van der Waals surface area contributed by atoms with Crippen molar-refractivity contribution >= 4 is 28.5 Å². The normalized spacial score (nSPS) is 10.9.